The minimum absolute atomic E-state index is 0. The molecule has 0 aliphatic carbocycles. The first-order valence-electron chi connectivity index (χ1n) is 8.52. The fraction of sp³-hybridized carbons (Fsp3) is 0.611. The minimum Gasteiger partial charge on any atom is -0.496 e. The van der Waals surface area contributed by atoms with E-state index in [0.717, 1.165) is 44.2 Å². The van der Waals surface area contributed by atoms with Crippen LogP contribution in [0.25, 0.3) is 0 Å². The second kappa shape index (κ2) is 16.4. The molecule has 0 fully saturated rings. The Morgan fingerprint density at radius 1 is 1.08 bits per heavy atom. The number of aliphatic imine (C=N–C) groups is 1. The zero-order valence-electron chi connectivity index (χ0n) is 15.5. The van der Waals surface area contributed by atoms with E-state index in [1.54, 1.807) is 14.2 Å². The smallest absolute Gasteiger partial charge is 0.191 e. The molecule has 0 atom stereocenters. The van der Waals surface area contributed by atoms with E-state index in [2.05, 4.69) is 28.6 Å². The first-order chi connectivity index (χ1) is 11.8. The maximum atomic E-state index is 5.43. The summed E-state index contributed by atoms with van der Waals surface area (Å²) in [6, 6.07) is 8.08. The van der Waals surface area contributed by atoms with Crippen LogP contribution in [0.5, 0.6) is 5.75 Å². The van der Waals surface area contributed by atoms with Gasteiger partial charge in [-0.2, -0.15) is 0 Å². The van der Waals surface area contributed by atoms with Crippen molar-refractivity contribution >= 4 is 29.9 Å². The van der Waals surface area contributed by atoms with Gasteiger partial charge in [0.2, 0.25) is 0 Å². The number of nitrogens with one attached hydrogen (secondary N) is 2. The number of halogens is 1. The van der Waals surface area contributed by atoms with Crippen LogP contribution in [0.15, 0.2) is 29.3 Å². The van der Waals surface area contributed by atoms with E-state index in [-0.39, 0.29) is 24.0 Å². The second-order valence-electron chi connectivity index (χ2n) is 5.21. The van der Waals surface area contributed by atoms with Crippen LogP contribution in [-0.4, -0.2) is 59.6 Å². The largest absolute Gasteiger partial charge is 0.496 e. The number of rotatable bonds is 12. The molecule has 1 aromatic carbocycles. The van der Waals surface area contributed by atoms with Gasteiger partial charge in [0, 0.05) is 33.4 Å². The molecular weight excluding hydrogens is 433 g/mol. The van der Waals surface area contributed by atoms with Gasteiger partial charge >= 0.3 is 0 Å². The van der Waals surface area contributed by atoms with Crippen molar-refractivity contribution in [2.45, 2.75) is 19.8 Å². The van der Waals surface area contributed by atoms with Gasteiger partial charge in [0.1, 0.15) is 5.75 Å². The molecule has 25 heavy (non-hydrogen) atoms. The average Bonchev–Trinajstić information content (AvgIpc) is 2.61. The lowest BCUT2D eigenvalue weighted by Crippen LogP contribution is -2.38. The molecule has 0 bridgehead atoms. The summed E-state index contributed by atoms with van der Waals surface area (Å²) >= 11 is 0. The van der Waals surface area contributed by atoms with Crippen molar-refractivity contribution in [3.63, 3.8) is 0 Å². The molecule has 2 N–H and O–H groups in total. The van der Waals surface area contributed by atoms with E-state index in [0.29, 0.717) is 19.8 Å². The molecule has 0 aromatic heterocycles. The zero-order chi connectivity index (χ0) is 17.5. The van der Waals surface area contributed by atoms with Crippen LogP contribution in [0.2, 0.25) is 0 Å². The standard InChI is InChI=1S/C18H31N3O3.HI/c1-4-19-18(20-11-7-13-24-15-14-22-2)21-12-10-16-8-5-6-9-17(16)23-3;/h5-6,8-9H,4,7,10-15H2,1-3H3,(H2,19,20,21);1H. The third kappa shape index (κ3) is 11.2. The molecule has 0 spiro atoms. The fourth-order valence-corrected chi connectivity index (χ4v) is 2.17. The molecule has 1 aromatic rings. The fourth-order valence-electron chi connectivity index (χ4n) is 2.17. The minimum atomic E-state index is 0. The topological polar surface area (TPSA) is 64.1 Å². The van der Waals surface area contributed by atoms with Gasteiger partial charge in [0.15, 0.2) is 5.96 Å². The highest BCUT2D eigenvalue weighted by Crippen LogP contribution is 2.17. The Labute approximate surface area is 168 Å². The summed E-state index contributed by atoms with van der Waals surface area (Å²) in [7, 11) is 3.37. The van der Waals surface area contributed by atoms with Gasteiger partial charge in [-0.15, -0.1) is 24.0 Å². The highest BCUT2D eigenvalue weighted by atomic mass is 127. The Bertz CT molecular complexity index is 473. The molecule has 7 heteroatoms. The molecule has 0 saturated carbocycles. The Morgan fingerprint density at radius 3 is 2.60 bits per heavy atom. The van der Waals surface area contributed by atoms with Gasteiger partial charge in [-0.05, 0) is 31.4 Å². The lowest BCUT2D eigenvalue weighted by atomic mass is 10.1. The van der Waals surface area contributed by atoms with Crippen LogP contribution < -0.4 is 15.4 Å². The SMILES string of the molecule is CCNC(=NCCCOCCOC)NCCc1ccccc1OC.I. The molecule has 0 aliphatic heterocycles. The van der Waals surface area contributed by atoms with Gasteiger partial charge in [0.05, 0.1) is 20.3 Å². The van der Waals surface area contributed by atoms with Crippen molar-refractivity contribution in [1.29, 1.82) is 0 Å². The summed E-state index contributed by atoms with van der Waals surface area (Å²) in [6.45, 7) is 6.41. The van der Waals surface area contributed by atoms with Crippen LogP contribution in [0.3, 0.4) is 0 Å². The molecule has 0 saturated heterocycles. The van der Waals surface area contributed by atoms with Crippen LogP contribution in [0, 0.1) is 0 Å². The van der Waals surface area contributed by atoms with E-state index in [9.17, 15) is 0 Å². The number of ether oxygens (including phenoxy) is 3. The predicted molar refractivity (Wildman–Crippen MR) is 113 cm³/mol. The third-order valence-corrected chi connectivity index (χ3v) is 3.37. The number of benzene rings is 1. The molecule has 0 radical (unpaired) electrons. The van der Waals surface area contributed by atoms with Crippen LogP contribution in [-0.2, 0) is 15.9 Å². The number of hydrogen-bond acceptors (Lipinski definition) is 4. The Kier molecular flexibility index (Phi) is 15.7. The Balaban J connectivity index is 0.00000576. The van der Waals surface area contributed by atoms with Crippen LogP contribution >= 0.6 is 24.0 Å². The maximum Gasteiger partial charge on any atom is 0.191 e. The summed E-state index contributed by atoms with van der Waals surface area (Å²) in [4.78, 5) is 4.56. The molecular formula is C18H32IN3O3. The van der Waals surface area contributed by atoms with E-state index < -0.39 is 0 Å². The van der Waals surface area contributed by atoms with Crippen molar-refractivity contribution in [3.8, 4) is 5.75 Å². The van der Waals surface area contributed by atoms with Gasteiger partial charge in [-0.25, -0.2) is 0 Å². The number of nitrogens with zero attached hydrogens (tertiary/aromatic N) is 1. The van der Waals surface area contributed by atoms with Crippen molar-refractivity contribution in [3.05, 3.63) is 29.8 Å². The summed E-state index contributed by atoms with van der Waals surface area (Å²) < 4.78 is 15.7. The normalized spacial score (nSPS) is 10.9. The number of methoxy groups -OCH3 is 2. The summed E-state index contributed by atoms with van der Waals surface area (Å²) in [5.41, 5.74) is 1.19. The number of guanidine groups is 1. The predicted octanol–water partition coefficient (Wildman–Crippen LogP) is 2.46. The van der Waals surface area contributed by atoms with Gasteiger partial charge in [-0.3, -0.25) is 4.99 Å². The molecule has 0 amide bonds. The average molecular weight is 465 g/mol. The second-order valence-corrected chi connectivity index (χ2v) is 5.21. The van der Waals surface area contributed by atoms with E-state index in [1.807, 2.05) is 18.2 Å². The molecule has 1 rings (SSSR count). The van der Waals surface area contributed by atoms with Crippen molar-refractivity contribution in [2.75, 3.05) is 53.7 Å². The number of para-hydroxylation sites is 1. The zero-order valence-corrected chi connectivity index (χ0v) is 17.9. The van der Waals surface area contributed by atoms with Gasteiger partial charge < -0.3 is 24.8 Å². The maximum absolute atomic E-state index is 5.43. The van der Waals surface area contributed by atoms with Crippen molar-refractivity contribution in [2.24, 2.45) is 4.99 Å². The summed E-state index contributed by atoms with van der Waals surface area (Å²) in [5.74, 6) is 1.76. The first-order valence-corrected chi connectivity index (χ1v) is 8.52. The highest BCUT2D eigenvalue weighted by molar-refractivity contribution is 14.0. The number of hydrogen-bond donors (Lipinski definition) is 2. The van der Waals surface area contributed by atoms with E-state index in [4.69, 9.17) is 14.2 Å². The van der Waals surface area contributed by atoms with E-state index >= 15 is 0 Å². The molecule has 0 heterocycles. The van der Waals surface area contributed by atoms with Gasteiger partial charge in [-0.1, -0.05) is 18.2 Å². The monoisotopic (exact) mass is 465 g/mol. The molecule has 6 nitrogen and oxygen atoms in total. The van der Waals surface area contributed by atoms with Crippen molar-refractivity contribution in [1.82, 2.24) is 10.6 Å². The Morgan fingerprint density at radius 2 is 1.88 bits per heavy atom. The summed E-state index contributed by atoms with van der Waals surface area (Å²) in [5, 5.41) is 6.61. The first kappa shape index (κ1) is 23.9. The van der Waals surface area contributed by atoms with E-state index in [1.165, 1.54) is 5.56 Å². The lowest BCUT2D eigenvalue weighted by molar-refractivity contribution is 0.0702. The van der Waals surface area contributed by atoms with Crippen LogP contribution in [0.4, 0.5) is 0 Å². The summed E-state index contributed by atoms with van der Waals surface area (Å²) in [6.07, 6.45) is 1.78. The molecule has 0 aliphatic rings. The van der Waals surface area contributed by atoms with Crippen molar-refractivity contribution < 1.29 is 14.2 Å². The van der Waals surface area contributed by atoms with Gasteiger partial charge in [0.25, 0.3) is 0 Å². The third-order valence-electron chi connectivity index (χ3n) is 3.37. The molecule has 0 unspecified atom stereocenters. The Hall–Kier alpha value is -1.06. The van der Waals surface area contributed by atoms with Crippen LogP contribution in [0.1, 0.15) is 18.9 Å². The lowest BCUT2D eigenvalue weighted by Gasteiger charge is -2.12. The quantitative estimate of drug-likeness (QED) is 0.215. The molecule has 144 valence electrons. The highest BCUT2D eigenvalue weighted by Gasteiger charge is 2.02.